The van der Waals surface area contributed by atoms with Crippen LogP contribution in [0, 0.1) is 5.92 Å². The minimum absolute atomic E-state index is 0.0239. The third-order valence-electron chi connectivity index (χ3n) is 4.13. The van der Waals surface area contributed by atoms with E-state index >= 15 is 0 Å². The van der Waals surface area contributed by atoms with Crippen LogP contribution < -0.4 is 0 Å². The molecule has 1 aromatic carbocycles. The molecule has 1 fully saturated rings. The Morgan fingerprint density at radius 1 is 1.18 bits per heavy atom. The lowest BCUT2D eigenvalue weighted by atomic mass is 10.1. The third kappa shape index (κ3) is 4.82. The molecule has 4 nitrogen and oxygen atoms in total. The van der Waals surface area contributed by atoms with Crippen molar-refractivity contribution in [3.05, 3.63) is 35.9 Å². The van der Waals surface area contributed by atoms with Crippen molar-refractivity contribution < 1.29 is 9.53 Å². The highest BCUT2D eigenvalue weighted by atomic mass is 16.5. The van der Waals surface area contributed by atoms with E-state index in [1.165, 1.54) is 5.56 Å². The zero-order chi connectivity index (χ0) is 15.9. The van der Waals surface area contributed by atoms with Gasteiger partial charge in [0.15, 0.2) is 0 Å². The highest BCUT2D eigenvalue weighted by Crippen LogP contribution is 2.14. The zero-order valence-corrected chi connectivity index (χ0v) is 14.0. The Labute approximate surface area is 134 Å². The molecule has 0 unspecified atom stereocenters. The minimum Gasteiger partial charge on any atom is -0.379 e. The summed E-state index contributed by atoms with van der Waals surface area (Å²) in [6.07, 6.45) is 0. The average Bonchev–Trinajstić information content (AvgIpc) is 2.53. The van der Waals surface area contributed by atoms with Gasteiger partial charge < -0.3 is 9.64 Å². The predicted octanol–water partition coefficient (Wildman–Crippen LogP) is 2.39. The molecule has 0 spiro atoms. The van der Waals surface area contributed by atoms with Gasteiger partial charge in [-0.3, -0.25) is 9.69 Å². The van der Waals surface area contributed by atoms with Gasteiger partial charge in [-0.1, -0.05) is 44.2 Å². The lowest BCUT2D eigenvalue weighted by Gasteiger charge is -2.36. The van der Waals surface area contributed by atoms with Crippen LogP contribution in [0.4, 0.5) is 0 Å². The molecule has 1 atom stereocenters. The normalized spacial score (nSPS) is 17.5. The molecule has 122 valence electrons. The smallest absolute Gasteiger partial charge is 0.225 e. The number of carbonyl (C=O) groups is 1. The Morgan fingerprint density at radius 3 is 2.41 bits per heavy atom. The number of hydrogen-bond acceptors (Lipinski definition) is 3. The second-order valence-corrected chi connectivity index (χ2v) is 6.37. The summed E-state index contributed by atoms with van der Waals surface area (Å²) in [6, 6.07) is 10.4. The molecule has 1 saturated heterocycles. The Hall–Kier alpha value is -1.39. The van der Waals surface area contributed by atoms with Crippen LogP contribution in [0.2, 0.25) is 0 Å². The van der Waals surface area contributed by atoms with Crippen molar-refractivity contribution in [1.82, 2.24) is 9.80 Å². The van der Waals surface area contributed by atoms with Gasteiger partial charge in [0.25, 0.3) is 0 Å². The van der Waals surface area contributed by atoms with E-state index in [0.717, 1.165) is 32.8 Å². The summed E-state index contributed by atoms with van der Waals surface area (Å²) in [7, 11) is 0. The number of rotatable bonds is 6. The molecule has 0 aliphatic carbocycles. The summed E-state index contributed by atoms with van der Waals surface area (Å²) in [4.78, 5) is 17.0. The largest absolute Gasteiger partial charge is 0.379 e. The van der Waals surface area contributed by atoms with Crippen molar-refractivity contribution in [2.24, 2.45) is 5.92 Å². The molecule has 0 bridgehead atoms. The first kappa shape index (κ1) is 17.0. The molecule has 0 N–H and O–H groups in total. The first-order valence-electron chi connectivity index (χ1n) is 8.22. The van der Waals surface area contributed by atoms with Crippen molar-refractivity contribution >= 4 is 5.91 Å². The third-order valence-corrected chi connectivity index (χ3v) is 4.13. The summed E-state index contributed by atoms with van der Waals surface area (Å²) in [6.45, 7) is 11.2. The van der Waals surface area contributed by atoms with Crippen molar-refractivity contribution in [2.75, 3.05) is 32.8 Å². The van der Waals surface area contributed by atoms with Crippen LogP contribution in [0.5, 0.6) is 0 Å². The fraction of sp³-hybridized carbons (Fsp3) is 0.611. The van der Waals surface area contributed by atoms with Crippen LogP contribution in [-0.4, -0.2) is 54.6 Å². The average molecular weight is 304 g/mol. The van der Waals surface area contributed by atoms with Crippen LogP contribution in [-0.2, 0) is 16.1 Å². The maximum Gasteiger partial charge on any atom is 0.225 e. The van der Waals surface area contributed by atoms with Crippen LogP contribution in [0.15, 0.2) is 30.3 Å². The van der Waals surface area contributed by atoms with E-state index in [-0.39, 0.29) is 17.9 Å². The van der Waals surface area contributed by atoms with E-state index in [1.807, 2.05) is 36.9 Å². The molecular weight excluding hydrogens is 276 g/mol. The Morgan fingerprint density at radius 2 is 1.82 bits per heavy atom. The number of benzene rings is 1. The highest BCUT2D eigenvalue weighted by Gasteiger charge is 2.25. The number of morpholine rings is 1. The fourth-order valence-electron chi connectivity index (χ4n) is 2.82. The molecule has 1 amide bonds. The van der Waals surface area contributed by atoms with E-state index < -0.39 is 0 Å². The van der Waals surface area contributed by atoms with Crippen molar-refractivity contribution in [1.29, 1.82) is 0 Å². The maximum atomic E-state index is 12.6. The van der Waals surface area contributed by atoms with Gasteiger partial charge in [0.2, 0.25) is 5.91 Å². The monoisotopic (exact) mass is 304 g/mol. The number of carbonyl (C=O) groups excluding carboxylic acids is 1. The van der Waals surface area contributed by atoms with Crippen LogP contribution in [0.1, 0.15) is 26.3 Å². The molecule has 1 aliphatic rings. The van der Waals surface area contributed by atoms with Gasteiger partial charge in [-0.05, 0) is 12.5 Å². The molecule has 2 rings (SSSR count). The molecule has 1 aromatic rings. The van der Waals surface area contributed by atoms with E-state index in [4.69, 9.17) is 4.74 Å². The highest BCUT2D eigenvalue weighted by molar-refractivity contribution is 5.78. The second-order valence-electron chi connectivity index (χ2n) is 6.37. The zero-order valence-electron chi connectivity index (χ0n) is 14.0. The number of amides is 1. The number of hydrogen-bond donors (Lipinski definition) is 0. The minimum atomic E-state index is 0.0239. The summed E-state index contributed by atoms with van der Waals surface area (Å²) < 4.78 is 5.40. The maximum absolute atomic E-state index is 12.6. The lowest BCUT2D eigenvalue weighted by molar-refractivity contribution is -0.137. The van der Waals surface area contributed by atoms with Gasteiger partial charge in [0, 0.05) is 38.1 Å². The Kier molecular flexibility index (Phi) is 6.40. The van der Waals surface area contributed by atoms with Crippen molar-refractivity contribution in [3.8, 4) is 0 Å². The van der Waals surface area contributed by atoms with E-state index in [2.05, 4.69) is 24.0 Å². The number of ether oxygens (including phenoxy) is 1. The van der Waals surface area contributed by atoms with Gasteiger partial charge >= 0.3 is 0 Å². The molecule has 4 heteroatoms. The molecule has 0 radical (unpaired) electrons. The number of nitrogens with zero attached hydrogens (tertiary/aromatic N) is 2. The topological polar surface area (TPSA) is 32.8 Å². The SMILES string of the molecule is CC(C)C(=O)N(Cc1ccccc1)[C@@H](C)CN1CCOCC1. The van der Waals surface area contributed by atoms with E-state index in [9.17, 15) is 4.79 Å². The van der Waals surface area contributed by atoms with Gasteiger partial charge in [-0.15, -0.1) is 0 Å². The van der Waals surface area contributed by atoms with Crippen LogP contribution >= 0.6 is 0 Å². The van der Waals surface area contributed by atoms with Crippen molar-refractivity contribution in [3.63, 3.8) is 0 Å². The van der Waals surface area contributed by atoms with Gasteiger partial charge in [0.05, 0.1) is 13.2 Å². The first-order valence-corrected chi connectivity index (χ1v) is 8.22. The molecule has 22 heavy (non-hydrogen) atoms. The summed E-state index contributed by atoms with van der Waals surface area (Å²) in [5.74, 6) is 0.250. The summed E-state index contributed by atoms with van der Waals surface area (Å²) >= 11 is 0. The second kappa shape index (κ2) is 8.30. The van der Waals surface area contributed by atoms with Crippen molar-refractivity contribution in [2.45, 2.75) is 33.4 Å². The molecule has 0 saturated carbocycles. The molecule has 1 aliphatic heterocycles. The molecule has 0 aromatic heterocycles. The lowest BCUT2D eigenvalue weighted by Crippen LogP contribution is -2.48. The predicted molar refractivity (Wildman–Crippen MR) is 88.6 cm³/mol. The summed E-state index contributed by atoms with van der Waals surface area (Å²) in [5, 5.41) is 0. The van der Waals surface area contributed by atoms with E-state index in [1.54, 1.807) is 0 Å². The molecular formula is C18H28N2O2. The summed E-state index contributed by atoms with van der Waals surface area (Å²) in [5.41, 5.74) is 1.19. The van der Waals surface area contributed by atoms with Crippen LogP contribution in [0.3, 0.4) is 0 Å². The van der Waals surface area contributed by atoms with Gasteiger partial charge in [-0.25, -0.2) is 0 Å². The van der Waals surface area contributed by atoms with Gasteiger partial charge in [0.1, 0.15) is 0 Å². The fourth-order valence-corrected chi connectivity index (χ4v) is 2.82. The first-order chi connectivity index (χ1) is 10.6. The quantitative estimate of drug-likeness (QED) is 0.809. The standard InChI is InChI=1S/C18H28N2O2/c1-15(2)18(21)20(14-17-7-5-4-6-8-17)16(3)13-19-9-11-22-12-10-19/h4-8,15-16H,9-14H2,1-3H3/t16-/m0/s1. The van der Waals surface area contributed by atoms with E-state index in [0.29, 0.717) is 6.54 Å². The Balaban J connectivity index is 2.04. The van der Waals surface area contributed by atoms with Gasteiger partial charge in [-0.2, -0.15) is 0 Å². The molecule has 1 heterocycles. The Bertz CT molecular complexity index is 455. The van der Waals surface area contributed by atoms with Crippen LogP contribution in [0.25, 0.3) is 0 Å².